The van der Waals surface area contributed by atoms with Gasteiger partial charge in [-0.2, -0.15) is 0 Å². The van der Waals surface area contributed by atoms with Gasteiger partial charge in [0, 0.05) is 57.0 Å². The maximum Gasteiger partial charge on any atom is 0.160 e. The molecular formula is C46H28N2S2. The minimum Gasteiger partial charge on any atom is -0.228 e. The van der Waals surface area contributed by atoms with Crippen LogP contribution in [-0.2, 0) is 0 Å². The van der Waals surface area contributed by atoms with Crippen molar-refractivity contribution >= 4 is 63.0 Å². The van der Waals surface area contributed by atoms with Crippen molar-refractivity contribution in [2.75, 3.05) is 0 Å². The van der Waals surface area contributed by atoms with Crippen LogP contribution in [0.4, 0.5) is 0 Å². The van der Waals surface area contributed by atoms with Gasteiger partial charge in [0.2, 0.25) is 0 Å². The van der Waals surface area contributed by atoms with E-state index in [1.807, 2.05) is 46.9 Å². The molecule has 0 spiro atoms. The Kier molecular flexibility index (Phi) is 6.90. The van der Waals surface area contributed by atoms with Crippen LogP contribution in [0.3, 0.4) is 0 Å². The number of nitrogens with zero attached hydrogens (tertiary/aromatic N) is 2. The average molecular weight is 673 g/mol. The van der Waals surface area contributed by atoms with Crippen molar-refractivity contribution < 1.29 is 0 Å². The van der Waals surface area contributed by atoms with Crippen LogP contribution in [0.15, 0.2) is 170 Å². The second kappa shape index (κ2) is 11.9. The molecule has 0 aliphatic carbocycles. The van der Waals surface area contributed by atoms with Crippen molar-refractivity contribution in [1.82, 2.24) is 9.97 Å². The summed E-state index contributed by atoms with van der Waals surface area (Å²) in [5.41, 5.74) is 9.69. The number of fused-ring (bicyclic) bond motifs is 6. The number of hydrogen-bond acceptors (Lipinski definition) is 4. The molecule has 50 heavy (non-hydrogen) atoms. The number of aromatic nitrogens is 2. The summed E-state index contributed by atoms with van der Waals surface area (Å²) in [6.07, 6.45) is 0. The van der Waals surface area contributed by atoms with E-state index in [-0.39, 0.29) is 0 Å². The zero-order valence-electron chi connectivity index (χ0n) is 26.9. The van der Waals surface area contributed by atoms with Crippen LogP contribution in [0.25, 0.3) is 96.5 Å². The summed E-state index contributed by atoms with van der Waals surface area (Å²) >= 11 is 3.71. The van der Waals surface area contributed by atoms with Crippen LogP contribution in [0, 0.1) is 0 Å². The first-order chi connectivity index (χ1) is 24.7. The van der Waals surface area contributed by atoms with Crippen LogP contribution in [0.1, 0.15) is 0 Å². The first-order valence-electron chi connectivity index (χ1n) is 16.7. The molecule has 0 bridgehead atoms. The van der Waals surface area contributed by atoms with E-state index in [4.69, 9.17) is 9.97 Å². The second-order valence-corrected chi connectivity index (χ2v) is 14.7. The summed E-state index contributed by atoms with van der Waals surface area (Å²) in [5.74, 6) is 0.716. The van der Waals surface area contributed by atoms with E-state index in [2.05, 4.69) is 146 Å². The van der Waals surface area contributed by atoms with Crippen molar-refractivity contribution in [1.29, 1.82) is 0 Å². The molecule has 0 aliphatic rings. The summed E-state index contributed by atoms with van der Waals surface area (Å²) in [6.45, 7) is 0. The van der Waals surface area contributed by atoms with Gasteiger partial charge in [0.1, 0.15) is 0 Å². The normalized spacial score (nSPS) is 11.6. The van der Waals surface area contributed by atoms with Crippen molar-refractivity contribution in [3.8, 4) is 56.2 Å². The average Bonchev–Trinajstić information content (AvgIpc) is 3.76. The monoisotopic (exact) mass is 672 g/mol. The molecule has 10 aromatic rings. The molecule has 0 saturated heterocycles. The van der Waals surface area contributed by atoms with Crippen LogP contribution in [0.2, 0.25) is 0 Å². The third-order valence-electron chi connectivity index (χ3n) is 9.52. The van der Waals surface area contributed by atoms with Gasteiger partial charge in [0.25, 0.3) is 0 Å². The van der Waals surface area contributed by atoms with Crippen molar-refractivity contribution in [3.63, 3.8) is 0 Å². The van der Waals surface area contributed by atoms with E-state index < -0.39 is 0 Å². The summed E-state index contributed by atoms with van der Waals surface area (Å²) in [5, 5.41) is 5.20. The first-order valence-corrected chi connectivity index (χ1v) is 18.4. The molecule has 0 N–H and O–H groups in total. The Balaban J connectivity index is 1.21. The quantitative estimate of drug-likeness (QED) is 0.182. The summed E-state index contributed by atoms with van der Waals surface area (Å²) in [4.78, 5) is 10.2. The fraction of sp³-hybridized carbons (Fsp3) is 0. The Labute approximate surface area is 297 Å². The van der Waals surface area contributed by atoms with E-state index in [9.17, 15) is 0 Å². The molecule has 0 fully saturated rings. The first kappa shape index (κ1) is 29.0. The zero-order chi connectivity index (χ0) is 33.0. The van der Waals surface area contributed by atoms with Gasteiger partial charge in [-0.25, -0.2) is 9.97 Å². The third-order valence-corrected chi connectivity index (χ3v) is 11.8. The van der Waals surface area contributed by atoms with Gasteiger partial charge >= 0.3 is 0 Å². The molecular weight excluding hydrogens is 645 g/mol. The summed E-state index contributed by atoms with van der Waals surface area (Å²) in [7, 11) is 0. The molecule has 7 aromatic carbocycles. The van der Waals surface area contributed by atoms with Crippen LogP contribution < -0.4 is 0 Å². The fourth-order valence-electron chi connectivity index (χ4n) is 7.05. The second-order valence-electron chi connectivity index (χ2n) is 12.6. The predicted octanol–water partition coefficient (Wildman–Crippen LogP) is 13.5. The van der Waals surface area contributed by atoms with Gasteiger partial charge in [0.05, 0.1) is 11.4 Å². The van der Waals surface area contributed by atoms with Gasteiger partial charge in [-0.05, 0) is 70.8 Å². The largest absolute Gasteiger partial charge is 0.228 e. The SMILES string of the molecule is c1ccc(-c2cc(-c3ccc(-c4ccc5sc6ccccc6c5c4)c(-c4ccc5sc6ccccc6c5c4)c3)nc(-c3ccccc3)n2)cc1. The highest BCUT2D eigenvalue weighted by Crippen LogP contribution is 2.43. The lowest BCUT2D eigenvalue weighted by atomic mass is 9.90. The van der Waals surface area contributed by atoms with Gasteiger partial charge in [-0.3, -0.25) is 0 Å². The summed E-state index contributed by atoms with van der Waals surface area (Å²) in [6, 6.07) is 60.9. The van der Waals surface area contributed by atoms with Crippen molar-refractivity contribution in [2.45, 2.75) is 0 Å². The Hall–Kier alpha value is -5.94. The Morgan fingerprint density at radius 1 is 0.300 bits per heavy atom. The lowest BCUT2D eigenvalue weighted by molar-refractivity contribution is 1.18. The molecule has 10 rings (SSSR count). The Morgan fingerprint density at radius 2 is 0.780 bits per heavy atom. The number of benzene rings is 7. The topological polar surface area (TPSA) is 25.8 Å². The smallest absolute Gasteiger partial charge is 0.160 e. The lowest BCUT2D eigenvalue weighted by Gasteiger charge is -2.15. The van der Waals surface area contributed by atoms with Gasteiger partial charge in [-0.15, -0.1) is 22.7 Å². The van der Waals surface area contributed by atoms with E-state index in [1.54, 1.807) is 0 Å². The van der Waals surface area contributed by atoms with E-state index in [1.165, 1.54) is 62.6 Å². The lowest BCUT2D eigenvalue weighted by Crippen LogP contribution is -1.96. The van der Waals surface area contributed by atoms with Gasteiger partial charge in [0.15, 0.2) is 5.82 Å². The molecule has 0 aliphatic heterocycles. The van der Waals surface area contributed by atoms with Crippen LogP contribution in [0.5, 0.6) is 0 Å². The number of rotatable bonds is 5. The van der Waals surface area contributed by atoms with Gasteiger partial charge in [-0.1, -0.05) is 121 Å². The highest BCUT2D eigenvalue weighted by Gasteiger charge is 2.16. The van der Waals surface area contributed by atoms with E-state index >= 15 is 0 Å². The molecule has 0 amide bonds. The minimum atomic E-state index is 0.716. The van der Waals surface area contributed by atoms with Crippen LogP contribution >= 0.6 is 22.7 Å². The molecule has 0 atom stereocenters. The molecule has 0 saturated carbocycles. The fourth-order valence-corrected chi connectivity index (χ4v) is 9.22. The molecule has 234 valence electrons. The molecule has 0 radical (unpaired) electrons. The molecule has 3 heterocycles. The van der Waals surface area contributed by atoms with Crippen LogP contribution in [-0.4, -0.2) is 9.97 Å². The standard InChI is InChI=1S/C46H28N2S2/c1-3-11-29(12-4-1)40-28-41(48-46(47-40)30-13-5-2-6-14-30)33-19-22-34(31-20-23-44-38(25-31)35-15-7-9-17-42(35)49-44)37(27-33)32-21-24-45-39(26-32)36-16-8-10-18-43(36)50-45/h1-28H. The van der Waals surface area contributed by atoms with Crippen molar-refractivity contribution in [3.05, 3.63) is 170 Å². The number of thiophene rings is 2. The Bertz CT molecular complexity index is 2810. The number of hydrogen-bond donors (Lipinski definition) is 0. The highest BCUT2D eigenvalue weighted by atomic mass is 32.1. The zero-order valence-corrected chi connectivity index (χ0v) is 28.5. The van der Waals surface area contributed by atoms with E-state index in [0.717, 1.165) is 28.1 Å². The highest BCUT2D eigenvalue weighted by molar-refractivity contribution is 7.26. The summed E-state index contributed by atoms with van der Waals surface area (Å²) < 4.78 is 5.24. The maximum absolute atomic E-state index is 5.18. The molecule has 0 unspecified atom stereocenters. The van der Waals surface area contributed by atoms with Gasteiger partial charge < -0.3 is 0 Å². The van der Waals surface area contributed by atoms with E-state index in [0.29, 0.717) is 5.82 Å². The molecule has 2 nitrogen and oxygen atoms in total. The Morgan fingerprint density at radius 3 is 1.40 bits per heavy atom. The predicted molar refractivity (Wildman–Crippen MR) is 215 cm³/mol. The minimum absolute atomic E-state index is 0.716. The molecule has 4 heteroatoms. The van der Waals surface area contributed by atoms with Crippen molar-refractivity contribution in [2.24, 2.45) is 0 Å². The third kappa shape index (κ3) is 5.00. The maximum atomic E-state index is 5.18. The molecule has 3 aromatic heterocycles.